The number of nitrogens with zero attached hydrogens (tertiary/aromatic N) is 4. The first-order chi connectivity index (χ1) is 23.9. The molecule has 3 heterocycles. The Balaban J connectivity index is 1.13. The van der Waals surface area contributed by atoms with Crippen molar-refractivity contribution in [1.29, 1.82) is 0 Å². The van der Waals surface area contributed by atoms with E-state index >= 15 is 0 Å². The van der Waals surface area contributed by atoms with Gasteiger partial charge < -0.3 is 18.6 Å². The van der Waals surface area contributed by atoms with Gasteiger partial charge in [-0.3, -0.25) is 0 Å². The third-order valence-corrected chi connectivity index (χ3v) is 9.12. The van der Waals surface area contributed by atoms with Gasteiger partial charge in [0, 0.05) is 83.7 Å². The molecular weight excluding hydrogens is 625 g/mol. The van der Waals surface area contributed by atoms with Crippen LogP contribution >= 0.6 is 11.3 Å². The Morgan fingerprint density at radius 2 is 0.837 bits per heavy atom. The monoisotopic (exact) mass is 660 g/mol. The molecule has 0 amide bonds. The highest BCUT2D eigenvalue weighted by atomic mass is 32.1. The van der Waals surface area contributed by atoms with Crippen LogP contribution in [0.25, 0.3) is 69.5 Å². The maximum absolute atomic E-state index is 6.33. The fraction of sp³-hybridized carbons (Fsp3) is 0.0952. The average molecular weight is 661 g/mol. The lowest BCUT2D eigenvalue weighted by atomic mass is 10.1. The molecule has 0 unspecified atom stereocenters. The van der Waals surface area contributed by atoms with Gasteiger partial charge in [0.2, 0.25) is 11.8 Å². The van der Waals surface area contributed by atoms with Gasteiger partial charge in [0.1, 0.15) is 11.4 Å². The molecule has 0 radical (unpaired) electrons. The summed E-state index contributed by atoms with van der Waals surface area (Å²) < 4.78 is 12.7. The standard InChI is InChI=1S/C42H36N4O2S/c1-45(2)33-19-15-29(16-20-33)39-41(31-11-7-5-8-12-31)47-37(43-39)27-25-35-23-24-36(49-35)26-28-38-44-40(30-17-21-34(22-18-30)46(3)4)42(48-38)32-13-9-6-10-14-32/h5-28H,1-4H3. The zero-order valence-corrected chi connectivity index (χ0v) is 28.7. The van der Waals surface area contributed by atoms with E-state index in [1.165, 1.54) is 0 Å². The molecule has 7 rings (SSSR count). The average Bonchev–Trinajstić information content (AvgIpc) is 3.89. The number of benzene rings is 4. The van der Waals surface area contributed by atoms with Crippen LogP contribution in [-0.2, 0) is 0 Å². The Labute approximate surface area is 291 Å². The number of rotatable bonds is 10. The van der Waals surface area contributed by atoms with Gasteiger partial charge in [0.25, 0.3) is 0 Å². The van der Waals surface area contributed by atoms with Crippen molar-refractivity contribution >= 4 is 47.0 Å². The topological polar surface area (TPSA) is 58.5 Å². The van der Waals surface area contributed by atoms with Gasteiger partial charge in [-0.05, 0) is 48.6 Å². The minimum atomic E-state index is 0.551. The van der Waals surface area contributed by atoms with E-state index in [4.69, 9.17) is 18.8 Å². The fourth-order valence-corrected chi connectivity index (χ4v) is 6.28. The van der Waals surface area contributed by atoms with Crippen molar-refractivity contribution in [3.8, 4) is 45.2 Å². The second-order valence-corrected chi connectivity index (χ2v) is 13.1. The Kier molecular flexibility index (Phi) is 9.08. The summed E-state index contributed by atoms with van der Waals surface area (Å²) >= 11 is 1.67. The van der Waals surface area contributed by atoms with E-state index in [1.54, 1.807) is 11.3 Å². The maximum Gasteiger partial charge on any atom is 0.220 e. The van der Waals surface area contributed by atoms with Gasteiger partial charge in [-0.1, -0.05) is 84.9 Å². The zero-order chi connectivity index (χ0) is 33.7. The van der Waals surface area contributed by atoms with Crippen molar-refractivity contribution in [3.63, 3.8) is 0 Å². The number of oxazole rings is 2. The van der Waals surface area contributed by atoms with E-state index in [0.29, 0.717) is 11.8 Å². The number of anilines is 2. The van der Waals surface area contributed by atoms with E-state index in [0.717, 1.165) is 66.3 Å². The van der Waals surface area contributed by atoms with Crippen LogP contribution in [0.4, 0.5) is 11.4 Å². The second kappa shape index (κ2) is 14.1. The van der Waals surface area contributed by atoms with Crippen molar-refractivity contribution in [2.24, 2.45) is 0 Å². The van der Waals surface area contributed by atoms with E-state index < -0.39 is 0 Å². The molecule has 0 N–H and O–H groups in total. The summed E-state index contributed by atoms with van der Waals surface area (Å²) in [5.74, 6) is 2.61. The van der Waals surface area contributed by atoms with Crippen LogP contribution < -0.4 is 9.80 Å². The molecule has 49 heavy (non-hydrogen) atoms. The third-order valence-electron chi connectivity index (χ3n) is 8.10. The van der Waals surface area contributed by atoms with Crippen molar-refractivity contribution in [2.45, 2.75) is 0 Å². The highest BCUT2D eigenvalue weighted by molar-refractivity contribution is 7.13. The molecule has 0 spiro atoms. The van der Waals surface area contributed by atoms with Gasteiger partial charge in [-0.15, -0.1) is 11.3 Å². The maximum atomic E-state index is 6.33. The van der Waals surface area contributed by atoms with Gasteiger partial charge >= 0.3 is 0 Å². The predicted molar refractivity (Wildman–Crippen MR) is 206 cm³/mol. The minimum Gasteiger partial charge on any atom is -0.436 e. The molecule has 0 aliphatic carbocycles. The lowest BCUT2D eigenvalue weighted by Crippen LogP contribution is -2.07. The molecule has 4 aromatic carbocycles. The highest BCUT2D eigenvalue weighted by Crippen LogP contribution is 2.36. The number of hydrogen-bond acceptors (Lipinski definition) is 7. The molecule has 7 heteroatoms. The molecule has 0 aliphatic heterocycles. The first-order valence-electron chi connectivity index (χ1n) is 16.1. The quantitative estimate of drug-likeness (QED) is 0.146. The first-order valence-corrected chi connectivity index (χ1v) is 16.9. The van der Waals surface area contributed by atoms with Crippen molar-refractivity contribution in [2.75, 3.05) is 38.0 Å². The van der Waals surface area contributed by atoms with Gasteiger partial charge in [0.05, 0.1) is 0 Å². The summed E-state index contributed by atoms with van der Waals surface area (Å²) in [6.07, 6.45) is 7.93. The first kappa shape index (κ1) is 31.7. The van der Waals surface area contributed by atoms with Crippen LogP contribution in [0.15, 0.2) is 130 Å². The van der Waals surface area contributed by atoms with Crippen LogP contribution in [0.3, 0.4) is 0 Å². The van der Waals surface area contributed by atoms with Crippen LogP contribution in [0, 0.1) is 0 Å². The Morgan fingerprint density at radius 1 is 0.449 bits per heavy atom. The van der Waals surface area contributed by atoms with Crippen molar-refractivity contribution in [1.82, 2.24) is 9.97 Å². The van der Waals surface area contributed by atoms with E-state index in [2.05, 4.69) is 70.5 Å². The molecule has 0 bridgehead atoms. The van der Waals surface area contributed by atoms with Crippen LogP contribution in [-0.4, -0.2) is 38.2 Å². The molecule has 0 aliphatic rings. The normalized spacial score (nSPS) is 11.5. The van der Waals surface area contributed by atoms with Gasteiger partial charge in [-0.2, -0.15) is 0 Å². The molecule has 3 aromatic heterocycles. The summed E-state index contributed by atoms with van der Waals surface area (Å²) in [4.78, 5) is 16.1. The summed E-state index contributed by atoms with van der Waals surface area (Å²) in [5, 5.41) is 0. The Morgan fingerprint density at radius 3 is 1.20 bits per heavy atom. The van der Waals surface area contributed by atoms with E-state index in [1.807, 2.05) is 113 Å². The van der Waals surface area contributed by atoms with Crippen molar-refractivity contribution < 1.29 is 8.83 Å². The molecule has 0 saturated heterocycles. The SMILES string of the molecule is CN(C)c1ccc(-c2nc(C=Cc3ccc(C=Cc4nc(-c5ccc(N(C)C)cc5)c(-c5ccccc5)o4)s3)oc2-c2ccccc2)cc1. The van der Waals surface area contributed by atoms with Gasteiger partial charge in [0.15, 0.2) is 11.5 Å². The second-order valence-electron chi connectivity index (χ2n) is 12.0. The Bertz CT molecular complexity index is 2050. The largest absolute Gasteiger partial charge is 0.436 e. The third kappa shape index (κ3) is 7.17. The number of thiophene rings is 1. The van der Waals surface area contributed by atoms with Crippen LogP contribution in [0.1, 0.15) is 21.5 Å². The molecule has 6 nitrogen and oxygen atoms in total. The number of aromatic nitrogens is 2. The predicted octanol–water partition coefficient (Wildman–Crippen LogP) is 10.9. The lowest BCUT2D eigenvalue weighted by Gasteiger charge is -2.12. The van der Waals surface area contributed by atoms with Crippen LogP contribution in [0.5, 0.6) is 0 Å². The van der Waals surface area contributed by atoms with Crippen molar-refractivity contribution in [3.05, 3.63) is 143 Å². The molecule has 0 fully saturated rings. The Hall–Kier alpha value is -5.92. The molecule has 0 atom stereocenters. The summed E-state index contributed by atoms with van der Waals surface area (Å²) in [6.45, 7) is 0. The van der Waals surface area contributed by atoms with Crippen LogP contribution in [0.2, 0.25) is 0 Å². The smallest absolute Gasteiger partial charge is 0.220 e. The zero-order valence-electron chi connectivity index (χ0n) is 27.9. The summed E-state index contributed by atoms with van der Waals surface area (Å²) in [5.41, 5.74) is 7.89. The fourth-order valence-electron chi connectivity index (χ4n) is 5.47. The minimum absolute atomic E-state index is 0.551. The van der Waals surface area contributed by atoms with E-state index in [9.17, 15) is 0 Å². The summed E-state index contributed by atoms with van der Waals surface area (Å²) in [6, 6.07) is 41.1. The van der Waals surface area contributed by atoms with Gasteiger partial charge in [-0.25, -0.2) is 9.97 Å². The molecular formula is C42H36N4O2S. The molecule has 0 saturated carbocycles. The summed E-state index contributed by atoms with van der Waals surface area (Å²) in [7, 11) is 8.14. The lowest BCUT2D eigenvalue weighted by molar-refractivity contribution is 0.560. The highest BCUT2D eigenvalue weighted by Gasteiger charge is 2.17. The number of hydrogen-bond donors (Lipinski definition) is 0. The van der Waals surface area contributed by atoms with E-state index in [-0.39, 0.29) is 0 Å². The molecule has 7 aromatic rings. The molecule has 242 valence electrons.